The van der Waals surface area contributed by atoms with E-state index in [1.807, 2.05) is 36.4 Å². The SMILES string of the molecule is COC(=O)[C@H](C[C@H](C)C#N)NC(=O)CCc1ccccc1. The van der Waals surface area contributed by atoms with Crippen LogP contribution in [0.2, 0.25) is 0 Å². The fourth-order valence-corrected chi connectivity index (χ4v) is 1.93. The predicted molar refractivity (Wildman–Crippen MR) is 78.1 cm³/mol. The maximum atomic E-state index is 11.9. The van der Waals surface area contributed by atoms with Crippen LogP contribution in [-0.4, -0.2) is 25.0 Å². The van der Waals surface area contributed by atoms with Gasteiger partial charge in [-0.3, -0.25) is 4.79 Å². The Balaban J connectivity index is 2.52. The van der Waals surface area contributed by atoms with Crippen LogP contribution in [0.25, 0.3) is 0 Å². The molecule has 112 valence electrons. The first-order valence-corrected chi connectivity index (χ1v) is 6.87. The zero-order valence-corrected chi connectivity index (χ0v) is 12.3. The van der Waals surface area contributed by atoms with E-state index in [-0.39, 0.29) is 18.2 Å². The van der Waals surface area contributed by atoms with Gasteiger partial charge in [-0.1, -0.05) is 30.3 Å². The maximum Gasteiger partial charge on any atom is 0.328 e. The molecule has 0 heterocycles. The van der Waals surface area contributed by atoms with E-state index in [9.17, 15) is 9.59 Å². The molecule has 0 aliphatic carbocycles. The summed E-state index contributed by atoms with van der Waals surface area (Å²) < 4.78 is 4.66. The fraction of sp³-hybridized carbons (Fsp3) is 0.438. The zero-order valence-electron chi connectivity index (χ0n) is 12.3. The molecule has 0 aliphatic heterocycles. The Morgan fingerprint density at radius 3 is 2.57 bits per heavy atom. The third-order valence-corrected chi connectivity index (χ3v) is 3.11. The molecule has 0 bridgehead atoms. The number of amides is 1. The summed E-state index contributed by atoms with van der Waals surface area (Å²) in [7, 11) is 1.27. The summed E-state index contributed by atoms with van der Waals surface area (Å²) in [6.07, 6.45) is 1.15. The topological polar surface area (TPSA) is 79.2 Å². The van der Waals surface area contributed by atoms with Crippen LogP contribution in [-0.2, 0) is 20.7 Å². The molecule has 1 aromatic rings. The smallest absolute Gasteiger partial charge is 0.328 e. The highest BCUT2D eigenvalue weighted by molar-refractivity contribution is 5.84. The molecule has 5 heteroatoms. The molecule has 0 aliphatic rings. The van der Waals surface area contributed by atoms with Crippen LogP contribution in [0, 0.1) is 17.2 Å². The Morgan fingerprint density at radius 1 is 1.33 bits per heavy atom. The minimum absolute atomic E-state index is 0.223. The number of rotatable bonds is 7. The van der Waals surface area contributed by atoms with Crippen molar-refractivity contribution in [3.8, 4) is 6.07 Å². The lowest BCUT2D eigenvalue weighted by atomic mass is 10.0. The van der Waals surface area contributed by atoms with Crippen LogP contribution < -0.4 is 5.32 Å². The number of hydrogen-bond acceptors (Lipinski definition) is 4. The van der Waals surface area contributed by atoms with Crippen LogP contribution in [0.3, 0.4) is 0 Å². The molecule has 0 saturated carbocycles. The first-order chi connectivity index (χ1) is 10.1. The number of carbonyl (C=O) groups is 2. The third kappa shape index (κ3) is 6.09. The lowest BCUT2D eigenvalue weighted by Gasteiger charge is -2.17. The van der Waals surface area contributed by atoms with Gasteiger partial charge in [0.15, 0.2) is 0 Å². The minimum atomic E-state index is -0.770. The van der Waals surface area contributed by atoms with Gasteiger partial charge in [-0.25, -0.2) is 4.79 Å². The summed E-state index contributed by atoms with van der Waals surface area (Å²) in [6.45, 7) is 1.70. The normalized spacial score (nSPS) is 12.8. The molecular weight excluding hydrogens is 268 g/mol. The Bertz CT molecular complexity index is 508. The largest absolute Gasteiger partial charge is 0.467 e. The van der Waals surface area contributed by atoms with E-state index >= 15 is 0 Å². The van der Waals surface area contributed by atoms with Gasteiger partial charge in [0.1, 0.15) is 6.04 Å². The van der Waals surface area contributed by atoms with Crippen molar-refractivity contribution >= 4 is 11.9 Å². The molecule has 0 saturated heterocycles. The molecule has 0 unspecified atom stereocenters. The molecule has 2 atom stereocenters. The first-order valence-electron chi connectivity index (χ1n) is 6.87. The highest BCUT2D eigenvalue weighted by atomic mass is 16.5. The van der Waals surface area contributed by atoms with E-state index in [0.29, 0.717) is 12.8 Å². The number of benzene rings is 1. The Hall–Kier alpha value is -2.35. The van der Waals surface area contributed by atoms with Gasteiger partial charge in [0, 0.05) is 12.3 Å². The van der Waals surface area contributed by atoms with Crippen LogP contribution in [0.4, 0.5) is 0 Å². The number of carbonyl (C=O) groups excluding carboxylic acids is 2. The Kier molecular flexibility index (Phi) is 6.96. The molecule has 1 N–H and O–H groups in total. The number of ether oxygens (including phenoxy) is 1. The summed E-state index contributed by atoms with van der Waals surface area (Å²) >= 11 is 0. The summed E-state index contributed by atoms with van der Waals surface area (Å²) in [5.41, 5.74) is 1.06. The number of hydrogen-bond donors (Lipinski definition) is 1. The van der Waals surface area contributed by atoms with E-state index in [1.54, 1.807) is 6.92 Å². The van der Waals surface area contributed by atoms with Gasteiger partial charge in [0.2, 0.25) is 5.91 Å². The number of aryl methyl sites for hydroxylation is 1. The number of nitrogens with zero attached hydrogens (tertiary/aromatic N) is 1. The maximum absolute atomic E-state index is 11.9. The van der Waals surface area contributed by atoms with Gasteiger partial charge in [-0.15, -0.1) is 0 Å². The second-order valence-electron chi connectivity index (χ2n) is 4.89. The highest BCUT2D eigenvalue weighted by Crippen LogP contribution is 2.08. The van der Waals surface area contributed by atoms with E-state index in [4.69, 9.17) is 5.26 Å². The van der Waals surface area contributed by atoms with Gasteiger partial charge in [0.25, 0.3) is 0 Å². The molecule has 1 amide bonds. The molecule has 0 fully saturated rings. The molecule has 0 spiro atoms. The van der Waals surface area contributed by atoms with E-state index < -0.39 is 12.0 Å². The monoisotopic (exact) mass is 288 g/mol. The summed E-state index contributed by atoms with van der Waals surface area (Å²) in [5.74, 6) is -1.08. The zero-order chi connectivity index (χ0) is 15.7. The number of methoxy groups -OCH3 is 1. The quantitative estimate of drug-likeness (QED) is 0.776. The van der Waals surface area contributed by atoms with Crippen LogP contribution in [0.1, 0.15) is 25.3 Å². The van der Waals surface area contributed by atoms with E-state index in [0.717, 1.165) is 5.56 Å². The van der Waals surface area contributed by atoms with Gasteiger partial charge >= 0.3 is 5.97 Å². The lowest BCUT2D eigenvalue weighted by Crippen LogP contribution is -2.42. The average molecular weight is 288 g/mol. The second kappa shape index (κ2) is 8.75. The van der Waals surface area contributed by atoms with Gasteiger partial charge in [0.05, 0.1) is 13.2 Å². The summed E-state index contributed by atoms with van der Waals surface area (Å²) in [4.78, 5) is 23.5. The van der Waals surface area contributed by atoms with Crippen molar-refractivity contribution in [2.45, 2.75) is 32.2 Å². The van der Waals surface area contributed by atoms with Crippen molar-refractivity contribution in [1.82, 2.24) is 5.32 Å². The fourth-order valence-electron chi connectivity index (χ4n) is 1.93. The minimum Gasteiger partial charge on any atom is -0.467 e. The standard InChI is InChI=1S/C16H20N2O3/c1-12(11-17)10-14(16(20)21-2)18-15(19)9-8-13-6-4-3-5-7-13/h3-7,12,14H,8-10H2,1-2H3,(H,18,19)/t12-,14-/m0/s1. The summed E-state index contributed by atoms with van der Waals surface area (Å²) in [5, 5.41) is 11.4. The third-order valence-electron chi connectivity index (χ3n) is 3.11. The van der Waals surface area contributed by atoms with Crippen molar-refractivity contribution in [2.24, 2.45) is 5.92 Å². The second-order valence-corrected chi connectivity index (χ2v) is 4.89. The van der Waals surface area contributed by atoms with Gasteiger partial charge in [-0.2, -0.15) is 5.26 Å². The van der Waals surface area contributed by atoms with Crippen molar-refractivity contribution in [2.75, 3.05) is 7.11 Å². The molecule has 5 nitrogen and oxygen atoms in total. The predicted octanol–water partition coefficient (Wildman–Crippen LogP) is 1.83. The number of nitrogens with one attached hydrogen (secondary N) is 1. The van der Waals surface area contributed by atoms with Crippen molar-refractivity contribution < 1.29 is 14.3 Å². The Labute approximate surface area is 124 Å². The molecule has 0 aromatic heterocycles. The molecular formula is C16H20N2O3. The van der Waals surface area contributed by atoms with E-state index in [1.165, 1.54) is 7.11 Å². The van der Waals surface area contributed by atoms with E-state index in [2.05, 4.69) is 10.1 Å². The molecule has 1 aromatic carbocycles. The van der Waals surface area contributed by atoms with Crippen LogP contribution in [0.5, 0.6) is 0 Å². The summed E-state index contributed by atoms with van der Waals surface area (Å²) in [6, 6.07) is 10.9. The van der Waals surface area contributed by atoms with Crippen molar-refractivity contribution in [3.63, 3.8) is 0 Å². The van der Waals surface area contributed by atoms with Crippen LogP contribution in [0.15, 0.2) is 30.3 Å². The van der Waals surface area contributed by atoms with Crippen LogP contribution >= 0.6 is 0 Å². The molecule has 0 radical (unpaired) electrons. The van der Waals surface area contributed by atoms with Crippen molar-refractivity contribution in [3.05, 3.63) is 35.9 Å². The van der Waals surface area contributed by atoms with Gasteiger partial charge < -0.3 is 10.1 Å². The molecule has 1 rings (SSSR count). The number of esters is 1. The molecule has 21 heavy (non-hydrogen) atoms. The number of nitriles is 1. The highest BCUT2D eigenvalue weighted by Gasteiger charge is 2.23. The van der Waals surface area contributed by atoms with Gasteiger partial charge in [-0.05, 0) is 25.3 Å². The average Bonchev–Trinajstić information content (AvgIpc) is 2.52. The Morgan fingerprint density at radius 2 is 2.00 bits per heavy atom. The van der Waals surface area contributed by atoms with Crippen molar-refractivity contribution in [1.29, 1.82) is 5.26 Å². The first kappa shape index (κ1) is 16.7. The lowest BCUT2D eigenvalue weighted by molar-refractivity contribution is -0.145.